The van der Waals surface area contributed by atoms with Gasteiger partial charge in [-0.1, -0.05) is 34.1 Å². The van der Waals surface area contributed by atoms with E-state index < -0.39 is 0 Å². The van der Waals surface area contributed by atoms with Crippen LogP contribution in [0.5, 0.6) is 11.5 Å². The van der Waals surface area contributed by atoms with Crippen LogP contribution in [0, 0.1) is 0 Å². The summed E-state index contributed by atoms with van der Waals surface area (Å²) in [6.45, 7) is 1.55. The molecule has 5 heteroatoms. The number of nitrogens with one attached hydrogen (secondary N) is 1. The third-order valence-corrected chi connectivity index (χ3v) is 4.66. The van der Waals surface area contributed by atoms with Gasteiger partial charge in [0.1, 0.15) is 11.5 Å². The van der Waals surface area contributed by atoms with Crippen LogP contribution in [0.2, 0.25) is 0 Å². The van der Waals surface area contributed by atoms with Crippen molar-refractivity contribution in [1.82, 2.24) is 5.32 Å². The summed E-state index contributed by atoms with van der Waals surface area (Å²) in [5.41, 5.74) is 2.27. The summed E-state index contributed by atoms with van der Waals surface area (Å²) < 4.78 is 17.6. The highest BCUT2D eigenvalue weighted by Crippen LogP contribution is 2.27. The van der Waals surface area contributed by atoms with Gasteiger partial charge in [-0.15, -0.1) is 0 Å². The first kappa shape index (κ1) is 18.5. The topological polar surface area (TPSA) is 43.6 Å². The first-order valence-electron chi connectivity index (χ1n) is 8.46. The normalized spacial score (nSPS) is 10.7. The Morgan fingerprint density at radius 1 is 0.923 bits per heavy atom. The molecule has 4 nitrogen and oxygen atoms in total. The number of furan rings is 1. The predicted molar refractivity (Wildman–Crippen MR) is 107 cm³/mol. The number of hydrogen-bond acceptors (Lipinski definition) is 4. The van der Waals surface area contributed by atoms with E-state index in [4.69, 9.17) is 13.9 Å². The maximum absolute atomic E-state index is 5.91. The summed E-state index contributed by atoms with van der Waals surface area (Å²) in [5, 5.41) is 3.42. The molecule has 0 saturated carbocycles. The molecule has 0 aliphatic heterocycles. The Hall–Kier alpha value is -2.24. The van der Waals surface area contributed by atoms with Gasteiger partial charge in [-0.25, -0.2) is 0 Å². The molecule has 1 aromatic heterocycles. The molecule has 136 valence electrons. The molecule has 0 aliphatic carbocycles. The maximum Gasteiger partial charge on any atom is 0.160 e. The Kier molecular flexibility index (Phi) is 6.36. The highest BCUT2D eigenvalue weighted by atomic mass is 79.9. The van der Waals surface area contributed by atoms with Crippen LogP contribution in [0.15, 0.2) is 63.5 Å². The van der Waals surface area contributed by atoms with Gasteiger partial charge in [0.15, 0.2) is 11.5 Å². The summed E-state index contributed by atoms with van der Waals surface area (Å²) in [4.78, 5) is 0. The van der Waals surface area contributed by atoms with Crippen molar-refractivity contribution >= 4 is 15.9 Å². The number of hydrogen-bond donors (Lipinski definition) is 1. The van der Waals surface area contributed by atoms with Crippen molar-refractivity contribution in [2.24, 2.45) is 0 Å². The summed E-state index contributed by atoms with van der Waals surface area (Å²) >= 11 is 3.45. The van der Waals surface area contributed by atoms with E-state index in [0.717, 1.165) is 46.0 Å². The van der Waals surface area contributed by atoms with E-state index in [1.807, 2.05) is 48.5 Å². The van der Waals surface area contributed by atoms with Crippen molar-refractivity contribution in [3.8, 4) is 22.8 Å². The molecular formula is C21H22BrNO3. The van der Waals surface area contributed by atoms with Gasteiger partial charge < -0.3 is 19.2 Å². The number of ether oxygens (including phenoxy) is 2. The highest BCUT2D eigenvalue weighted by molar-refractivity contribution is 9.10. The van der Waals surface area contributed by atoms with Crippen LogP contribution in [0.4, 0.5) is 0 Å². The van der Waals surface area contributed by atoms with Crippen molar-refractivity contribution in [2.45, 2.75) is 13.0 Å². The number of halogens is 1. The van der Waals surface area contributed by atoms with E-state index >= 15 is 0 Å². The maximum atomic E-state index is 5.91. The van der Waals surface area contributed by atoms with Gasteiger partial charge in [-0.05, 0) is 54.9 Å². The average molecular weight is 416 g/mol. The summed E-state index contributed by atoms with van der Waals surface area (Å²) in [6, 6.07) is 18.1. The fourth-order valence-electron chi connectivity index (χ4n) is 2.72. The lowest BCUT2D eigenvalue weighted by Gasteiger charge is -2.09. The molecule has 2 aromatic carbocycles. The molecule has 3 rings (SSSR count). The minimum atomic E-state index is 0.698. The van der Waals surface area contributed by atoms with Gasteiger partial charge >= 0.3 is 0 Å². The van der Waals surface area contributed by atoms with E-state index in [0.29, 0.717) is 6.54 Å². The summed E-state index contributed by atoms with van der Waals surface area (Å²) in [6.07, 6.45) is 0.903. The van der Waals surface area contributed by atoms with Gasteiger partial charge in [-0.2, -0.15) is 0 Å². The van der Waals surface area contributed by atoms with Crippen LogP contribution in [0.25, 0.3) is 11.3 Å². The van der Waals surface area contributed by atoms with Crippen LogP contribution in [-0.2, 0) is 13.0 Å². The second-order valence-corrected chi connectivity index (χ2v) is 6.80. The van der Waals surface area contributed by atoms with E-state index in [1.54, 1.807) is 14.2 Å². The van der Waals surface area contributed by atoms with Crippen LogP contribution in [0.1, 0.15) is 11.3 Å². The lowest BCUT2D eigenvalue weighted by atomic mass is 10.1. The Morgan fingerprint density at radius 3 is 2.42 bits per heavy atom. The Morgan fingerprint density at radius 2 is 1.69 bits per heavy atom. The van der Waals surface area contributed by atoms with Crippen LogP contribution in [-0.4, -0.2) is 20.8 Å². The molecule has 1 N–H and O–H groups in total. The summed E-state index contributed by atoms with van der Waals surface area (Å²) in [5.74, 6) is 3.32. The molecule has 0 unspecified atom stereocenters. The van der Waals surface area contributed by atoms with Gasteiger partial charge in [-0.3, -0.25) is 0 Å². The minimum Gasteiger partial charge on any atom is -0.493 e. The predicted octanol–water partition coefficient (Wildman–Crippen LogP) is 5.06. The lowest BCUT2D eigenvalue weighted by Crippen LogP contribution is -2.16. The molecular weight excluding hydrogens is 394 g/mol. The third-order valence-electron chi connectivity index (χ3n) is 4.13. The molecule has 26 heavy (non-hydrogen) atoms. The zero-order valence-electron chi connectivity index (χ0n) is 14.9. The molecule has 1 heterocycles. The quantitative estimate of drug-likeness (QED) is 0.522. The fourth-order valence-corrected chi connectivity index (χ4v) is 2.99. The SMILES string of the molecule is COc1ccc(CCNCc2ccc(-c3ccc(Br)cc3)o2)cc1OC. The standard InChI is InChI=1S/C21H22BrNO3/c1-24-20-9-3-15(13-21(20)25-2)11-12-23-14-18-8-10-19(26-18)16-4-6-17(22)7-5-16/h3-10,13,23H,11-12,14H2,1-2H3. The number of methoxy groups -OCH3 is 2. The van der Waals surface area contributed by atoms with E-state index in [-0.39, 0.29) is 0 Å². The van der Waals surface area contributed by atoms with Gasteiger partial charge in [0.25, 0.3) is 0 Å². The highest BCUT2D eigenvalue weighted by Gasteiger charge is 2.06. The smallest absolute Gasteiger partial charge is 0.160 e. The molecule has 0 atom stereocenters. The molecule has 0 aliphatic rings. The van der Waals surface area contributed by atoms with Crippen LogP contribution < -0.4 is 14.8 Å². The molecule has 0 bridgehead atoms. The largest absolute Gasteiger partial charge is 0.493 e. The molecule has 0 spiro atoms. The zero-order valence-corrected chi connectivity index (χ0v) is 16.5. The van der Waals surface area contributed by atoms with E-state index in [2.05, 4.69) is 27.3 Å². The van der Waals surface area contributed by atoms with E-state index in [1.165, 1.54) is 5.56 Å². The van der Waals surface area contributed by atoms with Crippen molar-refractivity contribution < 1.29 is 13.9 Å². The fraction of sp³-hybridized carbons (Fsp3) is 0.238. The molecule has 3 aromatic rings. The van der Waals surface area contributed by atoms with Crippen molar-refractivity contribution in [3.63, 3.8) is 0 Å². The van der Waals surface area contributed by atoms with Crippen LogP contribution >= 0.6 is 15.9 Å². The number of benzene rings is 2. The summed E-state index contributed by atoms with van der Waals surface area (Å²) in [7, 11) is 3.30. The zero-order chi connectivity index (χ0) is 18.4. The second-order valence-electron chi connectivity index (χ2n) is 5.89. The first-order valence-corrected chi connectivity index (χ1v) is 9.25. The second kappa shape index (κ2) is 8.92. The first-order chi connectivity index (χ1) is 12.7. The monoisotopic (exact) mass is 415 g/mol. The van der Waals surface area contributed by atoms with Crippen LogP contribution in [0.3, 0.4) is 0 Å². The average Bonchev–Trinajstić information content (AvgIpc) is 3.14. The Labute approximate surface area is 162 Å². The van der Waals surface area contributed by atoms with Crippen molar-refractivity contribution in [1.29, 1.82) is 0 Å². The van der Waals surface area contributed by atoms with Crippen molar-refractivity contribution in [3.05, 3.63) is 70.4 Å². The molecule has 0 radical (unpaired) electrons. The van der Waals surface area contributed by atoms with Gasteiger partial charge in [0.2, 0.25) is 0 Å². The minimum absolute atomic E-state index is 0.698. The van der Waals surface area contributed by atoms with Gasteiger partial charge in [0, 0.05) is 10.0 Å². The molecule has 0 amide bonds. The Bertz CT molecular complexity index is 843. The molecule has 0 saturated heterocycles. The lowest BCUT2D eigenvalue weighted by molar-refractivity contribution is 0.354. The Balaban J connectivity index is 1.50. The van der Waals surface area contributed by atoms with E-state index in [9.17, 15) is 0 Å². The molecule has 0 fully saturated rings. The third kappa shape index (κ3) is 4.68. The van der Waals surface area contributed by atoms with Gasteiger partial charge in [0.05, 0.1) is 20.8 Å². The number of rotatable bonds is 8. The van der Waals surface area contributed by atoms with Crippen molar-refractivity contribution in [2.75, 3.05) is 20.8 Å².